The standard InChI is InChI=1S/C17H31N3O/c1-2-3-4-8-13-20-17(16(14-21)18-19-20)12-11-15-9-6-5-7-10-15/h15,21H,2-14H2,1H3. The van der Waals surface area contributed by atoms with Gasteiger partial charge < -0.3 is 5.11 Å². The van der Waals surface area contributed by atoms with Crippen molar-refractivity contribution in [3.05, 3.63) is 11.4 Å². The Bertz CT molecular complexity index is 397. The van der Waals surface area contributed by atoms with Gasteiger partial charge in [0.05, 0.1) is 12.3 Å². The highest BCUT2D eigenvalue weighted by Crippen LogP contribution is 2.27. The van der Waals surface area contributed by atoms with Crippen molar-refractivity contribution in [1.82, 2.24) is 15.0 Å². The number of aromatic nitrogens is 3. The van der Waals surface area contributed by atoms with Crippen LogP contribution in [0.25, 0.3) is 0 Å². The average molecular weight is 293 g/mol. The van der Waals surface area contributed by atoms with Crippen LogP contribution in [0.2, 0.25) is 0 Å². The van der Waals surface area contributed by atoms with Gasteiger partial charge in [0, 0.05) is 6.54 Å². The fraction of sp³-hybridized carbons (Fsp3) is 0.882. The van der Waals surface area contributed by atoms with Crippen molar-refractivity contribution in [2.24, 2.45) is 5.92 Å². The molecule has 0 atom stereocenters. The van der Waals surface area contributed by atoms with Gasteiger partial charge in [-0.15, -0.1) is 5.10 Å². The Hall–Kier alpha value is -0.900. The summed E-state index contributed by atoms with van der Waals surface area (Å²) in [7, 11) is 0. The number of hydrogen-bond acceptors (Lipinski definition) is 3. The maximum Gasteiger partial charge on any atom is 0.111 e. The summed E-state index contributed by atoms with van der Waals surface area (Å²) in [5.41, 5.74) is 1.97. The molecule has 1 N–H and O–H groups in total. The number of hydrogen-bond donors (Lipinski definition) is 1. The molecular formula is C17H31N3O. The van der Waals surface area contributed by atoms with E-state index in [0.29, 0.717) is 0 Å². The molecule has 0 aliphatic heterocycles. The lowest BCUT2D eigenvalue weighted by Gasteiger charge is -2.21. The topological polar surface area (TPSA) is 50.9 Å². The van der Waals surface area contributed by atoms with Gasteiger partial charge >= 0.3 is 0 Å². The average Bonchev–Trinajstić information content (AvgIpc) is 2.92. The fourth-order valence-electron chi connectivity index (χ4n) is 3.45. The van der Waals surface area contributed by atoms with Crippen LogP contribution in [0.5, 0.6) is 0 Å². The highest BCUT2D eigenvalue weighted by atomic mass is 16.3. The summed E-state index contributed by atoms with van der Waals surface area (Å²) >= 11 is 0. The minimum absolute atomic E-state index is 0.0228. The van der Waals surface area contributed by atoms with E-state index in [2.05, 4.69) is 17.2 Å². The minimum Gasteiger partial charge on any atom is -0.390 e. The van der Waals surface area contributed by atoms with Gasteiger partial charge in [0.1, 0.15) is 5.69 Å². The second-order valence-corrected chi connectivity index (χ2v) is 6.47. The van der Waals surface area contributed by atoms with E-state index in [4.69, 9.17) is 0 Å². The molecule has 2 rings (SSSR count). The lowest BCUT2D eigenvalue weighted by atomic mass is 9.85. The first-order valence-electron chi connectivity index (χ1n) is 8.87. The predicted molar refractivity (Wildman–Crippen MR) is 85.0 cm³/mol. The number of aliphatic hydroxyl groups excluding tert-OH is 1. The van der Waals surface area contributed by atoms with Crippen LogP contribution in [0.4, 0.5) is 0 Å². The van der Waals surface area contributed by atoms with Crippen molar-refractivity contribution in [2.45, 2.75) is 90.7 Å². The Labute approximate surface area is 128 Å². The molecule has 4 nitrogen and oxygen atoms in total. The molecule has 0 aromatic carbocycles. The molecule has 0 spiro atoms. The Morgan fingerprint density at radius 1 is 1.14 bits per heavy atom. The van der Waals surface area contributed by atoms with E-state index in [1.165, 1.54) is 69.9 Å². The normalized spacial score (nSPS) is 16.5. The van der Waals surface area contributed by atoms with Crippen LogP contribution < -0.4 is 0 Å². The van der Waals surface area contributed by atoms with Crippen LogP contribution in [0.1, 0.15) is 82.5 Å². The Morgan fingerprint density at radius 2 is 1.95 bits per heavy atom. The number of nitrogens with zero attached hydrogens (tertiary/aromatic N) is 3. The molecule has 0 unspecified atom stereocenters. The molecule has 120 valence electrons. The maximum atomic E-state index is 9.46. The molecule has 1 fully saturated rings. The van der Waals surface area contributed by atoms with Crippen LogP contribution >= 0.6 is 0 Å². The van der Waals surface area contributed by atoms with Crippen molar-refractivity contribution in [1.29, 1.82) is 0 Å². The van der Waals surface area contributed by atoms with Gasteiger partial charge in [-0.2, -0.15) is 0 Å². The zero-order valence-corrected chi connectivity index (χ0v) is 13.6. The number of aliphatic hydroxyl groups is 1. The first kappa shape index (κ1) is 16.5. The van der Waals surface area contributed by atoms with Gasteiger partial charge in [0.15, 0.2) is 0 Å². The van der Waals surface area contributed by atoms with Crippen LogP contribution in [0.15, 0.2) is 0 Å². The quantitative estimate of drug-likeness (QED) is 0.703. The van der Waals surface area contributed by atoms with Crippen molar-refractivity contribution in [2.75, 3.05) is 0 Å². The highest BCUT2D eigenvalue weighted by molar-refractivity contribution is 5.09. The van der Waals surface area contributed by atoms with Gasteiger partial charge in [-0.3, -0.25) is 0 Å². The maximum absolute atomic E-state index is 9.46. The summed E-state index contributed by atoms with van der Waals surface area (Å²) in [5, 5.41) is 17.9. The molecule has 21 heavy (non-hydrogen) atoms. The molecule has 1 aromatic rings. The zero-order valence-electron chi connectivity index (χ0n) is 13.6. The summed E-state index contributed by atoms with van der Waals surface area (Å²) in [6.45, 7) is 3.21. The molecule has 4 heteroatoms. The number of rotatable bonds is 9. The molecule has 1 aliphatic rings. The molecule has 0 bridgehead atoms. The summed E-state index contributed by atoms with van der Waals surface area (Å²) < 4.78 is 2.05. The van der Waals surface area contributed by atoms with Crippen LogP contribution in [0.3, 0.4) is 0 Å². The Kier molecular flexibility index (Phi) is 7.20. The predicted octanol–water partition coefficient (Wildman–Crippen LogP) is 3.86. The second-order valence-electron chi connectivity index (χ2n) is 6.47. The van der Waals surface area contributed by atoms with E-state index in [9.17, 15) is 5.11 Å². The third-order valence-corrected chi connectivity index (χ3v) is 4.81. The molecule has 1 saturated carbocycles. The van der Waals surface area contributed by atoms with Crippen LogP contribution in [0, 0.1) is 5.92 Å². The molecular weight excluding hydrogens is 262 g/mol. The minimum atomic E-state index is 0.0228. The second kappa shape index (κ2) is 9.19. The largest absolute Gasteiger partial charge is 0.390 e. The highest BCUT2D eigenvalue weighted by Gasteiger charge is 2.17. The van der Waals surface area contributed by atoms with Crippen molar-refractivity contribution in [3.8, 4) is 0 Å². The first-order valence-corrected chi connectivity index (χ1v) is 8.87. The van der Waals surface area contributed by atoms with E-state index in [1.54, 1.807) is 0 Å². The van der Waals surface area contributed by atoms with E-state index in [1.807, 2.05) is 4.68 Å². The lowest BCUT2D eigenvalue weighted by Crippen LogP contribution is -2.11. The van der Waals surface area contributed by atoms with Gasteiger partial charge in [-0.05, 0) is 25.2 Å². The van der Waals surface area contributed by atoms with Crippen LogP contribution in [-0.4, -0.2) is 20.1 Å². The monoisotopic (exact) mass is 293 g/mol. The summed E-state index contributed by atoms with van der Waals surface area (Å²) in [4.78, 5) is 0. The SMILES string of the molecule is CCCCCCn1nnc(CO)c1CCC1CCCCC1. The van der Waals surface area contributed by atoms with Crippen molar-refractivity contribution in [3.63, 3.8) is 0 Å². The summed E-state index contributed by atoms with van der Waals surface area (Å²) in [6.07, 6.45) is 14.2. The number of unbranched alkanes of at least 4 members (excludes halogenated alkanes) is 3. The van der Waals surface area contributed by atoms with E-state index < -0.39 is 0 Å². The van der Waals surface area contributed by atoms with Crippen molar-refractivity contribution < 1.29 is 5.11 Å². The molecule has 0 radical (unpaired) electrons. The molecule has 1 aliphatic carbocycles. The van der Waals surface area contributed by atoms with Crippen molar-refractivity contribution >= 4 is 0 Å². The van der Waals surface area contributed by atoms with E-state index >= 15 is 0 Å². The first-order chi connectivity index (χ1) is 10.3. The fourth-order valence-corrected chi connectivity index (χ4v) is 3.45. The molecule has 1 heterocycles. The number of aryl methyl sites for hydroxylation is 1. The third kappa shape index (κ3) is 5.10. The van der Waals surface area contributed by atoms with Gasteiger partial charge in [0.2, 0.25) is 0 Å². The summed E-state index contributed by atoms with van der Waals surface area (Å²) in [6, 6.07) is 0. The zero-order chi connectivity index (χ0) is 14.9. The van der Waals surface area contributed by atoms with E-state index in [-0.39, 0.29) is 6.61 Å². The lowest BCUT2D eigenvalue weighted by molar-refractivity contribution is 0.274. The smallest absolute Gasteiger partial charge is 0.111 e. The molecule has 0 amide bonds. The van der Waals surface area contributed by atoms with Crippen LogP contribution in [-0.2, 0) is 19.6 Å². The molecule has 1 aromatic heterocycles. The van der Waals surface area contributed by atoms with Gasteiger partial charge in [-0.1, -0.05) is 63.5 Å². The Balaban J connectivity index is 1.87. The van der Waals surface area contributed by atoms with Gasteiger partial charge in [-0.25, -0.2) is 4.68 Å². The van der Waals surface area contributed by atoms with E-state index in [0.717, 1.165) is 24.6 Å². The third-order valence-electron chi connectivity index (χ3n) is 4.81. The summed E-state index contributed by atoms with van der Waals surface area (Å²) in [5.74, 6) is 0.869. The van der Waals surface area contributed by atoms with Gasteiger partial charge in [0.25, 0.3) is 0 Å². The molecule has 0 saturated heterocycles. The Morgan fingerprint density at radius 3 is 2.67 bits per heavy atom.